The summed E-state index contributed by atoms with van der Waals surface area (Å²) < 4.78 is 0. The topological polar surface area (TPSA) is 95.6 Å². The molecule has 1 aromatic rings. The molecular formula is C12H16N2O3. The monoisotopic (exact) mass is 236 g/mol. The van der Waals surface area contributed by atoms with Crippen molar-refractivity contribution in [1.82, 2.24) is 5.32 Å². The van der Waals surface area contributed by atoms with Crippen LogP contribution in [0.5, 0.6) is 11.5 Å². The highest BCUT2D eigenvalue weighted by molar-refractivity contribution is 5.97. The molecule has 1 saturated carbocycles. The summed E-state index contributed by atoms with van der Waals surface area (Å²) in [5.41, 5.74) is 5.91. The number of carbonyl (C=O) groups excluding carboxylic acids is 1. The van der Waals surface area contributed by atoms with Crippen molar-refractivity contribution in [3.05, 3.63) is 23.8 Å². The number of aromatic hydroxyl groups is 2. The summed E-state index contributed by atoms with van der Waals surface area (Å²) in [5, 5.41) is 21.4. The van der Waals surface area contributed by atoms with Crippen LogP contribution in [0.15, 0.2) is 18.2 Å². The SMILES string of the molecule is NC(CNC(=O)c1cc(O)ccc1O)C1CC1. The van der Waals surface area contributed by atoms with E-state index in [0.717, 1.165) is 12.8 Å². The lowest BCUT2D eigenvalue weighted by Crippen LogP contribution is -2.38. The van der Waals surface area contributed by atoms with Crippen LogP contribution in [0, 0.1) is 5.92 Å². The molecule has 0 aliphatic heterocycles. The van der Waals surface area contributed by atoms with E-state index in [1.165, 1.54) is 18.2 Å². The number of phenolic OH excluding ortho intramolecular Hbond substituents is 2. The Morgan fingerprint density at radius 1 is 1.47 bits per heavy atom. The van der Waals surface area contributed by atoms with Gasteiger partial charge in [0.05, 0.1) is 5.56 Å². The van der Waals surface area contributed by atoms with E-state index in [4.69, 9.17) is 5.73 Å². The minimum atomic E-state index is -0.422. The fourth-order valence-corrected chi connectivity index (χ4v) is 1.70. The summed E-state index contributed by atoms with van der Waals surface area (Å²) in [6, 6.07) is 3.80. The standard InChI is InChI=1S/C12H16N2O3/c13-10(7-1-2-7)6-14-12(17)9-5-8(15)3-4-11(9)16/h3-5,7,10,15-16H,1-2,6,13H2,(H,14,17). The van der Waals surface area contributed by atoms with Crippen molar-refractivity contribution in [2.45, 2.75) is 18.9 Å². The smallest absolute Gasteiger partial charge is 0.255 e. The zero-order chi connectivity index (χ0) is 12.4. The molecule has 1 unspecified atom stereocenters. The lowest BCUT2D eigenvalue weighted by molar-refractivity contribution is 0.0947. The molecule has 1 aliphatic carbocycles. The Kier molecular flexibility index (Phi) is 3.19. The average Bonchev–Trinajstić information content (AvgIpc) is 3.12. The van der Waals surface area contributed by atoms with E-state index < -0.39 is 5.91 Å². The van der Waals surface area contributed by atoms with Crippen molar-refractivity contribution in [2.75, 3.05) is 6.54 Å². The van der Waals surface area contributed by atoms with Crippen LogP contribution >= 0.6 is 0 Å². The molecule has 17 heavy (non-hydrogen) atoms. The fraction of sp³-hybridized carbons (Fsp3) is 0.417. The van der Waals surface area contributed by atoms with Gasteiger partial charge in [0, 0.05) is 12.6 Å². The lowest BCUT2D eigenvalue weighted by Gasteiger charge is -2.12. The Labute approximate surface area is 99.3 Å². The van der Waals surface area contributed by atoms with Crippen LogP contribution in [-0.4, -0.2) is 28.7 Å². The van der Waals surface area contributed by atoms with Crippen LogP contribution in [0.2, 0.25) is 0 Å². The first-order valence-electron chi connectivity index (χ1n) is 5.63. The normalized spacial score (nSPS) is 16.5. The van der Waals surface area contributed by atoms with Gasteiger partial charge in [-0.05, 0) is 37.0 Å². The number of rotatable bonds is 4. The summed E-state index contributed by atoms with van der Waals surface area (Å²) >= 11 is 0. The van der Waals surface area contributed by atoms with Crippen molar-refractivity contribution in [3.8, 4) is 11.5 Å². The van der Waals surface area contributed by atoms with Crippen LogP contribution in [0.1, 0.15) is 23.2 Å². The molecule has 1 amide bonds. The fourth-order valence-electron chi connectivity index (χ4n) is 1.70. The van der Waals surface area contributed by atoms with E-state index in [0.29, 0.717) is 12.5 Å². The summed E-state index contributed by atoms with van der Waals surface area (Å²) in [6.45, 7) is 0.387. The van der Waals surface area contributed by atoms with E-state index in [1.807, 2.05) is 0 Å². The molecule has 0 heterocycles. The highest BCUT2D eigenvalue weighted by Gasteiger charge is 2.28. The predicted molar refractivity (Wildman–Crippen MR) is 62.8 cm³/mol. The maximum atomic E-state index is 11.7. The number of phenols is 2. The molecule has 1 atom stereocenters. The Balaban J connectivity index is 1.96. The summed E-state index contributed by atoms with van der Waals surface area (Å²) in [5.74, 6) is -0.123. The maximum absolute atomic E-state index is 11.7. The Morgan fingerprint density at radius 2 is 2.18 bits per heavy atom. The zero-order valence-electron chi connectivity index (χ0n) is 9.39. The molecular weight excluding hydrogens is 220 g/mol. The molecule has 0 radical (unpaired) electrons. The maximum Gasteiger partial charge on any atom is 0.255 e. The second-order valence-electron chi connectivity index (χ2n) is 4.41. The first kappa shape index (κ1) is 11.7. The Hall–Kier alpha value is -1.75. The van der Waals surface area contributed by atoms with Gasteiger partial charge in [0.25, 0.3) is 5.91 Å². The van der Waals surface area contributed by atoms with E-state index in [2.05, 4.69) is 5.32 Å². The van der Waals surface area contributed by atoms with Gasteiger partial charge in [-0.2, -0.15) is 0 Å². The second-order valence-corrected chi connectivity index (χ2v) is 4.41. The summed E-state index contributed by atoms with van der Waals surface area (Å²) in [7, 11) is 0. The van der Waals surface area contributed by atoms with Crippen LogP contribution in [0.4, 0.5) is 0 Å². The third kappa shape index (κ3) is 2.88. The molecule has 5 nitrogen and oxygen atoms in total. The molecule has 0 bridgehead atoms. The molecule has 2 rings (SSSR count). The van der Waals surface area contributed by atoms with Gasteiger partial charge in [-0.25, -0.2) is 0 Å². The average molecular weight is 236 g/mol. The quantitative estimate of drug-likeness (QED) is 0.574. The predicted octanol–water partition coefficient (Wildman–Crippen LogP) is 0.565. The molecule has 5 heteroatoms. The summed E-state index contributed by atoms with van der Waals surface area (Å²) in [4.78, 5) is 11.7. The van der Waals surface area contributed by atoms with Crippen molar-refractivity contribution < 1.29 is 15.0 Å². The van der Waals surface area contributed by atoms with Gasteiger partial charge in [0.15, 0.2) is 0 Å². The van der Waals surface area contributed by atoms with E-state index in [9.17, 15) is 15.0 Å². The van der Waals surface area contributed by atoms with Gasteiger partial charge < -0.3 is 21.3 Å². The van der Waals surface area contributed by atoms with Crippen molar-refractivity contribution >= 4 is 5.91 Å². The molecule has 1 fully saturated rings. The molecule has 5 N–H and O–H groups in total. The van der Waals surface area contributed by atoms with E-state index >= 15 is 0 Å². The molecule has 1 aromatic carbocycles. The first-order chi connectivity index (χ1) is 8.08. The number of nitrogens with two attached hydrogens (primary N) is 1. The van der Waals surface area contributed by atoms with Gasteiger partial charge in [-0.15, -0.1) is 0 Å². The number of hydrogen-bond acceptors (Lipinski definition) is 4. The van der Waals surface area contributed by atoms with E-state index in [1.54, 1.807) is 0 Å². The molecule has 92 valence electrons. The second kappa shape index (κ2) is 4.63. The molecule has 0 spiro atoms. The van der Waals surface area contributed by atoms with Gasteiger partial charge >= 0.3 is 0 Å². The number of hydrogen-bond donors (Lipinski definition) is 4. The largest absolute Gasteiger partial charge is 0.508 e. The third-order valence-corrected chi connectivity index (χ3v) is 2.95. The van der Waals surface area contributed by atoms with Crippen LogP contribution in [-0.2, 0) is 0 Å². The van der Waals surface area contributed by atoms with Crippen LogP contribution in [0.25, 0.3) is 0 Å². The van der Waals surface area contributed by atoms with E-state index in [-0.39, 0.29) is 23.1 Å². The third-order valence-electron chi connectivity index (χ3n) is 2.95. The minimum Gasteiger partial charge on any atom is -0.508 e. The van der Waals surface area contributed by atoms with Gasteiger partial charge in [0.1, 0.15) is 11.5 Å². The number of carbonyl (C=O) groups is 1. The number of benzene rings is 1. The Morgan fingerprint density at radius 3 is 2.82 bits per heavy atom. The van der Waals surface area contributed by atoms with Gasteiger partial charge in [-0.1, -0.05) is 0 Å². The molecule has 0 aromatic heterocycles. The van der Waals surface area contributed by atoms with Crippen molar-refractivity contribution in [1.29, 1.82) is 0 Å². The van der Waals surface area contributed by atoms with Crippen LogP contribution < -0.4 is 11.1 Å². The van der Waals surface area contributed by atoms with Gasteiger partial charge in [-0.3, -0.25) is 4.79 Å². The van der Waals surface area contributed by atoms with Gasteiger partial charge in [0.2, 0.25) is 0 Å². The minimum absolute atomic E-state index is 0.0293. The highest BCUT2D eigenvalue weighted by atomic mass is 16.3. The summed E-state index contributed by atoms with van der Waals surface area (Å²) in [6.07, 6.45) is 2.24. The number of amides is 1. The Bertz CT molecular complexity index is 430. The molecule has 1 aliphatic rings. The highest BCUT2D eigenvalue weighted by Crippen LogP contribution is 2.31. The van der Waals surface area contributed by atoms with Crippen molar-refractivity contribution in [3.63, 3.8) is 0 Å². The van der Waals surface area contributed by atoms with Crippen molar-refractivity contribution in [2.24, 2.45) is 11.7 Å². The molecule has 0 saturated heterocycles. The number of nitrogens with one attached hydrogen (secondary N) is 1. The van der Waals surface area contributed by atoms with Crippen LogP contribution in [0.3, 0.4) is 0 Å². The zero-order valence-corrected chi connectivity index (χ0v) is 9.39. The first-order valence-corrected chi connectivity index (χ1v) is 5.63. The lowest BCUT2D eigenvalue weighted by atomic mass is 10.1.